The van der Waals surface area contributed by atoms with E-state index in [1.165, 1.54) is 18.4 Å². The maximum absolute atomic E-state index is 12.4. The van der Waals surface area contributed by atoms with Crippen LogP contribution < -0.4 is 9.47 Å². The molecule has 19 heavy (non-hydrogen) atoms. The van der Waals surface area contributed by atoms with Crippen LogP contribution in [-0.4, -0.2) is 20.0 Å². The molecule has 100 valence electrons. The van der Waals surface area contributed by atoms with Crippen molar-refractivity contribution in [3.63, 3.8) is 0 Å². The predicted octanol–water partition coefficient (Wildman–Crippen LogP) is 4.52. The summed E-state index contributed by atoms with van der Waals surface area (Å²) in [6.07, 6.45) is 0. The lowest BCUT2D eigenvalue weighted by Crippen LogP contribution is -2.04. The molecule has 2 rings (SSSR count). The highest BCUT2D eigenvalue weighted by molar-refractivity contribution is 9.11. The molecule has 1 aromatic heterocycles. The topological polar surface area (TPSA) is 35.5 Å². The fourth-order valence-electron chi connectivity index (χ4n) is 1.66. The minimum atomic E-state index is -0.0813. The molecule has 0 amide bonds. The van der Waals surface area contributed by atoms with E-state index in [4.69, 9.17) is 9.47 Å². The Morgan fingerprint density at radius 1 is 1.21 bits per heavy atom. The van der Waals surface area contributed by atoms with Crippen molar-refractivity contribution >= 4 is 49.0 Å². The Kier molecular flexibility index (Phi) is 4.65. The molecule has 6 heteroatoms. The van der Waals surface area contributed by atoms with E-state index in [1.54, 1.807) is 25.3 Å². The van der Waals surface area contributed by atoms with Crippen LogP contribution in [0.5, 0.6) is 11.5 Å². The van der Waals surface area contributed by atoms with Gasteiger partial charge < -0.3 is 9.47 Å². The van der Waals surface area contributed by atoms with E-state index < -0.39 is 0 Å². The Labute approximate surface area is 131 Å². The third-order valence-corrected chi connectivity index (χ3v) is 4.82. The molecule has 0 spiro atoms. The van der Waals surface area contributed by atoms with E-state index >= 15 is 0 Å². The maximum atomic E-state index is 12.4. The van der Waals surface area contributed by atoms with Crippen LogP contribution in [0.3, 0.4) is 0 Å². The lowest BCUT2D eigenvalue weighted by molar-refractivity contribution is 0.103. The van der Waals surface area contributed by atoms with E-state index in [0.717, 1.165) is 3.79 Å². The van der Waals surface area contributed by atoms with Gasteiger partial charge in [-0.1, -0.05) is 0 Å². The molecule has 3 nitrogen and oxygen atoms in total. The number of carbonyl (C=O) groups is 1. The van der Waals surface area contributed by atoms with Crippen molar-refractivity contribution in [2.24, 2.45) is 0 Å². The Balaban J connectivity index is 2.50. The standard InChI is InChI=1S/C13H10Br2O3S/c1-17-9-4-3-8(13(18-2)11(9)15)12(16)7-5-10(14)19-6-7/h3-6H,1-2H3. The van der Waals surface area contributed by atoms with Gasteiger partial charge in [-0.2, -0.15) is 0 Å². The van der Waals surface area contributed by atoms with Crippen molar-refractivity contribution in [2.45, 2.75) is 0 Å². The number of ether oxygens (including phenoxy) is 2. The van der Waals surface area contributed by atoms with Crippen LogP contribution in [0.1, 0.15) is 15.9 Å². The number of halogens is 2. The minimum absolute atomic E-state index is 0.0813. The zero-order chi connectivity index (χ0) is 14.0. The van der Waals surface area contributed by atoms with Crippen LogP contribution in [0.25, 0.3) is 0 Å². The van der Waals surface area contributed by atoms with Crippen molar-refractivity contribution in [3.05, 3.63) is 43.0 Å². The van der Waals surface area contributed by atoms with E-state index in [0.29, 0.717) is 27.1 Å². The highest BCUT2D eigenvalue weighted by Crippen LogP contribution is 2.38. The molecule has 1 heterocycles. The van der Waals surface area contributed by atoms with Gasteiger partial charge >= 0.3 is 0 Å². The van der Waals surface area contributed by atoms with Crippen LogP contribution in [0.2, 0.25) is 0 Å². The summed E-state index contributed by atoms with van der Waals surface area (Å²) in [5.74, 6) is 1.02. The van der Waals surface area contributed by atoms with Gasteiger partial charge in [-0.3, -0.25) is 4.79 Å². The Morgan fingerprint density at radius 3 is 2.47 bits per heavy atom. The molecule has 0 aliphatic heterocycles. The van der Waals surface area contributed by atoms with Crippen molar-refractivity contribution < 1.29 is 14.3 Å². The Hall–Kier alpha value is -0.850. The number of rotatable bonds is 4. The average molecular weight is 406 g/mol. The average Bonchev–Trinajstić information content (AvgIpc) is 2.84. The molecular weight excluding hydrogens is 396 g/mol. The number of hydrogen-bond donors (Lipinski definition) is 0. The van der Waals surface area contributed by atoms with E-state index in [9.17, 15) is 4.79 Å². The maximum Gasteiger partial charge on any atom is 0.197 e. The molecule has 0 atom stereocenters. The SMILES string of the molecule is COc1ccc(C(=O)c2csc(Br)c2)c(OC)c1Br. The normalized spacial score (nSPS) is 10.3. The zero-order valence-electron chi connectivity index (χ0n) is 10.2. The summed E-state index contributed by atoms with van der Waals surface area (Å²) >= 11 is 8.21. The first-order valence-corrected chi connectivity index (χ1v) is 7.74. The van der Waals surface area contributed by atoms with Gasteiger partial charge in [-0.25, -0.2) is 0 Å². The predicted molar refractivity (Wildman–Crippen MR) is 82.7 cm³/mol. The minimum Gasteiger partial charge on any atom is -0.495 e. The number of methoxy groups -OCH3 is 2. The van der Waals surface area contributed by atoms with Gasteiger partial charge in [-0.05, 0) is 50.1 Å². The monoisotopic (exact) mass is 404 g/mol. The summed E-state index contributed by atoms with van der Waals surface area (Å²) in [5.41, 5.74) is 1.13. The van der Waals surface area contributed by atoms with Crippen LogP contribution >= 0.6 is 43.2 Å². The molecule has 0 unspecified atom stereocenters. The second-order valence-corrected chi connectivity index (χ2v) is 6.71. The summed E-state index contributed by atoms with van der Waals surface area (Å²) in [4.78, 5) is 12.4. The molecule has 1 aromatic carbocycles. The molecule has 0 aliphatic carbocycles. The quantitative estimate of drug-likeness (QED) is 0.701. The highest BCUT2D eigenvalue weighted by Gasteiger charge is 2.20. The van der Waals surface area contributed by atoms with E-state index in [1.807, 2.05) is 5.38 Å². The third kappa shape index (κ3) is 2.85. The number of hydrogen-bond acceptors (Lipinski definition) is 4. The first-order valence-electron chi connectivity index (χ1n) is 5.27. The molecule has 0 N–H and O–H groups in total. The van der Waals surface area contributed by atoms with Crippen molar-refractivity contribution in [2.75, 3.05) is 14.2 Å². The lowest BCUT2D eigenvalue weighted by atomic mass is 10.0. The third-order valence-electron chi connectivity index (χ3n) is 2.56. The van der Waals surface area contributed by atoms with Gasteiger partial charge in [0.15, 0.2) is 5.78 Å². The Morgan fingerprint density at radius 2 is 1.95 bits per heavy atom. The van der Waals surface area contributed by atoms with Gasteiger partial charge in [0.2, 0.25) is 0 Å². The molecule has 0 saturated carbocycles. The fourth-order valence-corrected chi connectivity index (χ4v) is 3.46. The zero-order valence-corrected chi connectivity index (χ0v) is 14.2. The summed E-state index contributed by atoms with van der Waals surface area (Å²) < 4.78 is 12.1. The molecule has 0 aliphatic rings. The van der Waals surface area contributed by atoms with Crippen molar-refractivity contribution in [1.82, 2.24) is 0 Å². The fraction of sp³-hybridized carbons (Fsp3) is 0.154. The lowest BCUT2D eigenvalue weighted by Gasteiger charge is -2.12. The summed E-state index contributed by atoms with van der Waals surface area (Å²) in [5, 5.41) is 1.81. The van der Waals surface area contributed by atoms with E-state index in [2.05, 4.69) is 31.9 Å². The number of thiophene rings is 1. The van der Waals surface area contributed by atoms with Crippen molar-refractivity contribution in [1.29, 1.82) is 0 Å². The highest BCUT2D eigenvalue weighted by atomic mass is 79.9. The van der Waals surface area contributed by atoms with Gasteiger partial charge in [-0.15, -0.1) is 11.3 Å². The first-order chi connectivity index (χ1) is 9.08. The summed E-state index contributed by atoms with van der Waals surface area (Å²) in [7, 11) is 3.09. The van der Waals surface area contributed by atoms with Crippen LogP contribution in [0.4, 0.5) is 0 Å². The second-order valence-electron chi connectivity index (χ2n) is 3.63. The molecule has 0 bridgehead atoms. The number of ketones is 1. The van der Waals surface area contributed by atoms with Gasteiger partial charge in [0.05, 0.1) is 23.6 Å². The summed E-state index contributed by atoms with van der Waals surface area (Å²) in [6.45, 7) is 0. The molecule has 2 aromatic rings. The van der Waals surface area contributed by atoms with Crippen LogP contribution in [0.15, 0.2) is 31.8 Å². The molecule has 0 fully saturated rings. The smallest absolute Gasteiger partial charge is 0.197 e. The number of carbonyl (C=O) groups excluding carboxylic acids is 1. The first kappa shape index (κ1) is 14.6. The largest absolute Gasteiger partial charge is 0.495 e. The van der Waals surface area contributed by atoms with Gasteiger partial charge in [0.1, 0.15) is 16.0 Å². The second kappa shape index (κ2) is 6.07. The molecule has 0 saturated heterocycles. The Bertz CT molecular complexity index is 622. The van der Waals surface area contributed by atoms with Crippen LogP contribution in [0, 0.1) is 0 Å². The number of benzene rings is 1. The van der Waals surface area contributed by atoms with Gasteiger partial charge in [0, 0.05) is 10.9 Å². The molecule has 0 radical (unpaired) electrons. The summed E-state index contributed by atoms with van der Waals surface area (Å²) in [6, 6.07) is 5.24. The van der Waals surface area contributed by atoms with Crippen LogP contribution in [-0.2, 0) is 0 Å². The van der Waals surface area contributed by atoms with E-state index in [-0.39, 0.29) is 5.78 Å². The van der Waals surface area contributed by atoms with Crippen molar-refractivity contribution in [3.8, 4) is 11.5 Å². The molecular formula is C13H10Br2O3S. The van der Waals surface area contributed by atoms with Gasteiger partial charge in [0.25, 0.3) is 0 Å².